The van der Waals surface area contributed by atoms with Crippen molar-refractivity contribution in [3.8, 4) is 0 Å². The van der Waals surface area contributed by atoms with Crippen molar-refractivity contribution in [2.75, 3.05) is 0 Å². The van der Waals surface area contributed by atoms with E-state index >= 15 is 0 Å². The quantitative estimate of drug-likeness (QED) is 0.737. The molecule has 1 amide bonds. The Balaban J connectivity index is 2.04. The van der Waals surface area contributed by atoms with Gasteiger partial charge in [-0.2, -0.15) is 0 Å². The van der Waals surface area contributed by atoms with Crippen molar-refractivity contribution in [2.24, 2.45) is 0 Å². The smallest absolute Gasteiger partial charge is 0.480 e. The summed E-state index contributed by atoms with van der Waals surface area (Å²) in [6, 6.07) is 2.34. The fourth-order valence-corrected chi connectivity index (χ4v) is 2.53. The summed E-state index contributed by atoms with van der Waals surface area (Å²) in [4.78, 5) is 27.7. The maximum atomic E-state index is 11.9. The second kappa shape index (κ2) is 7.71. The standard InChI is InChI=1S/C19H29BN2O6/c1-17(2,3)26-16(25)22-14(15(23)24)10-13-9-8-12(11-21-13)20-27-18(4,5)19(6,7)28-20/h8-9,11,14H,10H2,1-7H3,(H,22,25)(H,23,24)/t14-/m0/s1. The molecular formula is C19H29BN2O6. The van der Waals surface area contributed by atoms with Crippen LogP contribution in [0.25, 0.3) is 0 Å². The topological polar surface area (TPSA) is 107 Å². The van der Waals surface area contributed by atoms with E-state index in [1.807, 2.05) is 27.7 Å². The Morgan fingerprint density at radius 1 is 1.21 bits per heavy atom. The highest BCUT2D eigenvalue weighted by atomic mass is 16.7. The van der Waals surface area contributed by atoms with Crippen LogP contribution in [0.1, 0.15) is 54.2 Å². The normalized spacial score (nSPS) is 19.2. The minimum absolute atomic E-state index is 0.0260. The van der Waals surface area contributed by atoms with E-state index < -0.39 is 42.0 Å². The van der Waals surface area contributed by atoms with E-state index in [1.165, 1.54) is 0 Å². The van der Waals surface area contributed by atoms with Crippen LogP contribution >= 0.6 is 0 Å². The lowest BCUT2D eigenvalue weighted by molar-refractivity contribution is -0.139. The first kappa shape index (κ1) is 22.2. The largest absolute Gasteiger partial charge is 0.496 e. The van der Waals surface area contributed by atoms with Crippen molar-refractivity contribution >= 4 is 24.6 Å². The monoisotopic (exact) mass is 392 g/mol. The van der Waals surface area contributed by atoms with Gasteiger partial charge in [-0.15, -0.1) is 0 Å². The minimum Gasteiger partial charge on any atom is -0.480 e. The van der Waals surface area contributed by atoms with Gasteiger partial charge in [0.2, 0.25) is 0 Å². The number of aliphatic carboxylic acids is 1. The molecule has 2 N–H and O–H groups in total. The van der Waals surface area contributed by atoms with Gasteiger partial charge in [-0.1, -0.05) is 6.07 Å². The zero-order valence-electron chi connectivity index (χ0n) is 17.5. The predicted molar refractivity (Wildman–Crippen MR) is 104 cm³/mol. The average molecular weight is 392 g/mol. The molecule has 0 unspecified atom stereocenters. The van der Waals surface area contributed by atoms with Gasteiger partial charge >= 0.3 is 19.2 Å². The van der Waals surface area contributed by atoms with Crippen LogP contribution in [0, 0.1) is 0 Å². The first-order valence-corrected chi connectivity index (χ1v) is 9.23. The Labute approximate surface area is 166 Å². The molecule has 0 aliphatic carbocycles. The van der Waals surface area contributed by atoms with E-state index in [0.717, 1.165) is 5.46 Å². The third-order valence-corrected chi connectivity index (χ3v) is 4.78. The van der Waals surface area contributed by atoms with Crippen LogP contribution in [-0.2, 0) is 25.3 Å². The molecule has 0 radical (unpaired) electrons. The molecular weight excluding hydrogens is 363 g/mol. The Morgan fingerprint density at radius 3 is 2.21 bits per heavy atom. The van der Waals surface area contributed by atoms with Crippen LogP contribution in [0.5, 0.6) is 0 Å². The number of carboxylic acids is 1. The lowest BCUT2D eigenvalue weighted by Gasteiger charge is -2.32. The maximum absolute atomic E-state index is 11.9. The predicted octanol–water partition coefficient (Wildman–Crippen LogP) is 1.90. The summed E-state index contributed by atoms with van der Waals surface area (Å²) in [5.41, 5.74) is -0.363. The second-order valence-corrected chi connectivity index (χ2v) is 8.91. The lowest BCUT2D eigenvalue weighted by atomic mass is 9.80. The number of nitrogens with one attached hydrogen (secondary N) is 1. The molecule has 1 atom stereocenters. The molecule has 154 valence electrons. The number of carbonyl (C=O) groups excluding carboxylic acids is 1. The van der Waals surface area contributed by atoms with Gasteiger partial charge in [-0.25, -0.2) is 9.59 Å². The van der Waals surface area contributed by atoms with Gasteiger partial charge in [0.15, 0.2) is 0 Å². The Kier molecular flexibility index (Phi) is 6.11. The summed E-state index contributed by atoms with van der Waals surface area (Å²) in [6.45, 7) is 13.0. The van der Waals surface area contributed by atoms with E-state index in [2.05, 4.69) is 10.3 Å². The molecule has 1 saturated heterocycles. The Morgan fingerprint density at radius 2 is 1.79 bits per heavy atom. The summed E-state index contributed by atoms with van der Waals surface area (Å²) in [6.07, 6.45) is 0.843. The number of carbonyl (C=O) groups is 2. The van der Waals surface area contributed by atoms with Gasteiger partial charge in [0.1, 0.15) is 11.6 Å². The minimum atomic E-state index is -1.16. The van der Waals surface area contributed by atoms with Crippen LogP contribution < -0.4 is 10.8 Å². The Bertz CT molecular complexity index is 711. The van der Waals surface area contributed by atoms with E-state index in [-0.39, 0.29) is 6.42 Å². The summed E-state index contributed by atoms with van der Waals surface area (Å²) in [5.74, 6) is -1.16. The van der Waals surface area contributed by atoms with Crippen LogP contribution in [0.4, 0.5) is 4.79 Å². The zero-order valence-corrected chi connectivity index (χ0v) is 17.5. The highest BCUT2D eigenvalue weighted by molar-refractivity contribution is 6.62. The third kappa shape index (κ3) is 5.45. The summed E-state index contributed by atoms with van der Waals surface area (Å²) >= 11 is 0. The third-order valence-electron chi connectivity index (χ3n) is 4.78. The van der Waals surface area contributed by atoms with E-state index in [0.29, 0.717) is 5.69 Å². The first-order valence-electron chi connectivity index (χ1n) is 9.23. The molecule has 1 fully saturated rings. The molecule has 0 aromatic carbocycles. The number of hydrogen-bond acceptors (Lipinski definition) is 6. The molecule has 1 aliphatic heterocycles. The summed E-state index contributed by atoms with van der Waals surface area (Å²) in [5, 5.41) is 11.7. The fraction of sp³-hybridized carbons (Fsp3) is 0.632. The summed E-state index contributed by atoms with van der Waals surface area (Å²) < 4.78 is 17.1. The Hall–Kier alpha value is -2.13. The number of rotatable bonds is 5. The number of hydrogen-bond donors (Lipinski definition) is 2. The molecule has 0 spiro atoms. The molecule has 1 aromatic rings. The molecule has 8 nitrogen and oxygen atoms in total. The van der Waals surface area contributed by atoms with Gasteiger partial charge < -0.3 is 24.5 Å². The van der Waals surface area contributed by atoms with Crippen LogP contribution in [0.2, 0.25) is 0 Å². The zero-order chi connectivity index (χ0) is 21.3. The molecule has 1 aliphatic rings. The molecule has 28 heavy (non-hydrogen) atoms. The van der Waals surface area contributed by atoms with Crippen molar-refractivity contribution in [1.82, 2.24) is 10.3 Å². The number of ether oxygens (including phenoxy) is 1. The van der Waals surface area contributed by atoms with Crippen molar-refractivity contribution in [3.05, 3.63) is 24.0 Å². The second-order valence-electron chi connectivity index (χ2n) is 8.91. The van der Waals surface area contributed by atoms with Gasteiger partial charge in [0.05, 0.1) is 11.2 Å². The molecule has 2 heterocycles. The molecule has 1 aromatic heterocycles. The number of amides is 1. The molecule has 9 heteroatoms. The van der Waals surface area contributed by atoms with Crippen LogP contribution in [0.3, 0.4) is 0 Å². The maximum Gasteiger partial charge on any atom is 0.496 e. The highest BCUT2D eigenvalue weighted by Gasteiger charge is 2.51. The number of alkyl carbamates (subject to hydrolysis) is 1. The number of aromatic nitrogens is 1. The highest BCUT2D eigenvalue weighted by Crippen LogP contribution is 2.36. The average Bonchev–Trinajstić information content (AvgIpc) is 2.73. The fourth-order valence-electron chi connectivity index (χ4n) is 2.53. The van der Waals surface area contributed by atoms with Crippen molar-refractivity contribution < 1.29 is 28.7 Å². The van der Waals surface area contributed by atoms with E-state index in [1.54, 1.807) is 39.1 Å². The SMILES string of the molecule is CC(C)(C)OC(=O)N[C@@H](Cc1ccc(B2OC(C)(C)C(C)(C)O2)cn1)C(=O)O. The van der Waals surface area contributed by atoms with Crippen LogP contribution in [-0.4, -0.2) is 52.1 Å². The number of nitrogens with zero attached hydrogens (tertiary/aromatic N) is 1. The van der Waals surface area contributed by atoms with Gasteiger partial charge in [0.25, 0.3) is 0 Å². The van der Waals surface area contributed by atoms with Crippen LogP contribution in [0.15, 0.2) is 18.3 Å². The lowest BCUT2D eigenvalue weighted by Crippen LogP contribution is -2.44. The summed E-state index contributed by atoms with van der Waals surface area (Å²) in [7, 11) is -0.540. The van der Waals surface area contributed by atoms with Gasteiger partial charge in [0, 0.05) is 23.8 Å². The molecule has 2 rings (SSSR count). The van der Waals surface area contributed by atoms with E-state index in [4.69, 9.17) is 14.0 Å². The number of carboxylic acid groups (broad SMARTS) is 1. The number of pyridine rings is 1. The van der Waals surface area contributed by atoms with Crippen molar-refractivity contribution in [2.45, 2.75) is 77.7 Å². The first-order chi connectivity index (χ1) is 12.7. The van der Waals surface area contributed by atoms with Gasteiger partial charge in [-0.3, -0.25) is 4.98 Å². The van der Waals surface area contributed by atoms with Gasteiger partial charge in [-0.05, 0) is 54.5 Å². The van der Waals surface area contributed by atoms with Crippen molar-refractivity contribution in [3.63, 3.8) is 0 Å². The molecule has 0 saturated carbocycles. The molecule has 0 bridgehead atoms. The van der Waals surface area contributed by atoms with E-state index in [9.17, 15) is 14.7 Å². The van der Waals surface area contributed by atoms with Crippen molar-refractivity contribution in [1.29, 1.82) is 0 Å².